The summed E-state index contributed by atoms with van der Waals surface area (Å²) in [6.07, 6.45) is 23.6. The number of hydrogen-bond donors (Lipinski definition) is 0. The molecule has 4 heteroatoms. The normalized spacial score (nSPS) is 12.0. The van der Waals surface area contributed by atoms with Crippen LogP contribution in [-0.4, -0.2) is 26.6 Å². The summed E-state index contributed by atoms with van der Waals surface area (Å²) >= 11 is 0. The van der Waals surface area contributed by atoms with Gasteiger partial charge in [-0.15, -0.1) is 0 Å². The van der Waals surface area contributed by atoms with Gasteiger partial charge in [-0.2, -0.15) is 0 Å². The number of rotatable bonds is 27. The van der Waals surface area contributed by atoms with Gasteiger partial charge < -0.3 is 18.9 Å². The van der Waals surface area contributed by atoms with E-state index in [0.29, 0.717) is 19.2 Å². The SMILES string of the molecule is CCCCCCCCCCOC(CCC)=C(OCCCCCCCCCC)OCOCCC. The lowest BCUT2D eigenvalue weighted by Gasteiger charge is -2.17. The molecular weight excluding hydrogens is 412 g/mol. The van der Waals surface area contributed by atoms with E-state index < -0.39 is 0 Å². The minimum Gasteiger partial charge on any atom is -0.491 e. The second-order valence-corrected chi connectivity index (χ2v) is 9.28. The van der Waals surface area contributed by atoms with Gasteiger partial charge in [-0.1, -0.05) is 118 Å². The number of unbranched alkanes of at least 4 members (excludes halogenated alkanes) is 14. The molecule has 0 rings (SSSR count). The van der Waals surface area contributed by atoms with Crippen molar-refractivity contribution >= 4 is 0 Å². The quantitative estimate of drug-likeness (QED) is 0.0680. The van der Waals surface area contributed by atoms with Crippen molar-refractivity contribution in [3.63, 3.8) is 0 Å². The van der Waals surface area contributed by atoms with Crippen LogP contribution >= 0.6 is 0 Å². The van der Waals surface area contributed by atoms with Crippen molar-refractivity contribution in [3.05, 3.63) is 11.7 Å². The lowest BCUT2D eigenvalue weighted by molar-refractivity contribution is -0.0837. The Balaban J connectivity index is 4.35. The van der Waals surface area contributed by atoms with Gasteiger partial charge in [-0.25, -0.2) is 0 Å². The van der Waals surface area contributed by atoms with Crippen LogP contribution in [0.1, 0.15) is 150 Å². The fourth-order valence-electron chi connectivity index (χ4n) is 3.79. The molecule has 0 amide bonds. The van der Waals surface area contributed by atoms with Crippen LogP contribution < -0.4 is 0 Å². The maximum atomic E-state index is 6.15. The highest BCUT2D eigenvalue weighted by Gasteiger charge is 2.12. The Morgan fingerprint density at radius 1 is 0.424 bits per heavy atom. The minimum absolute atomic E-state index is 0.231. The largest absolute Gasteiger partial charge is 0.491 e. The van der Waals surface area contributed by atoms with E-state index in [9.17, 15) is 0 Å². The van der Waals surface area contributed by atoms with Crippen LogP contribution in [0.4, 0.5) is 0 Å². The molecule has 0 aliphatic heterocycles. The average molecular weight is 471 g/mol. The summed E-state index contributed by atoms with van der Waals surface area (Å²) < 4.78 is 23.6. The Morgan fingerprint density at radius 2 is 0.909 bits per heavy atom. The first-order valence-electron chi connectivity index (χ1n) is 14.5. The van der Waals surface area contributed by atoms with E-state index in [2.05, 4.69) is 27.7 Å². The van der Waals surface area contributed by atoms with E-state index in [-0.39, 0.29) is 6.79 Å². The first kappa shape index (κ1) is 32.1. The van der Waals surface area contributed by atoms with Crippen molar-refractivity contribution in [1.29, 1.82) is 0 Å². The highest BCUT2D eigenvalue weighted by Crippen LogP contribution is 2.18. The Morgan fingerprint density at radius 3 is 1.39 bits per heavy atom. The second-order valence-electron chi connectivity index (χ2n) is 9.28. The summed E-state index contributed by atoms with van der Waals surface area (Å²) in [6, 6.07) is 0. The van der Waals surface area contributed by atoms with E-state index in [1.54, 1.807) is 0 Å². The topological polar surface area (TPSA) is 36.9 Å². The molecule has 0 aliphatic rings. The molecule has 0 saturated carbocycles. The van der Waals surface area contributed by atoms with Crippen LogP contribution in [0.3, 0.4) is 0 Å². The molecule has 0 radical (unpaired) electrons. The molecule has 0 N–H and O–H groups in total. The van der Waals surface area contributed by atoms with Crippen LogP contribution in [-0.2, 0) is 18.9 Å². The molecule has 198 valence electrons. The van der Waals surface area contributed by atoms with Gasteiger partial charge in [0, 0.05) is 6.42 Å². The Labute approximate surface area is 207 Å². The third-order valence-electron chi connectivity index (χ3n) is 5.83. The van der Waals surface area contributed by atoms with Gasteiger partial charge >= 0.3 is 5.95 Å². The van der Waals surface area contributed by atoms with Crippen LogP contribution in [0, 0.1) is 0 Å². The van der Waals surface area contributed by atoms with Gasteiger partial charge in [0.1, 0.15) is 0 Å². The predicted octanol–water partition coefficient (Wildman–Crippen LogP) is 9.67. The van der Waals surface area contributed by atoms with Crippen molar-refractivity contribution < 1.29 is 18.9 Å². The van der Waals surface area contributed by atoms with Crippen molar-refractivity contribution in [2.75, 3.05) is 26.6 Å². The molecule has 0 aromatic carbocycles. The zero-order valence-corrected chi connectivity index (χ0v) is 22.9. The predicted molar refractivity (Wildman–Crippen MR) is 141 cm³/mol. The fourth-order valence-corrected chi connectivity index (χ4v) is 3.79. The second kappa shape index (κ2) is 27.3. The molecule has 0 bridgehead atoms. The van der Waals surface area contributed by atoms with E-state index in [1.807, 2.05) is 0 Å². The van der Waals surface area contributed by atoms with Crippen molar-refractivity contribution in [2.45, 2.75) is 150 Å². The van der Waals surface area contributed by atoms with Gasteiger partial charge in [0.25, 0.3) is 0 Å². The molecule has 0 unspecified atom stereocenters. The highest BCUT2D eigenvalue weighted by atomic mass is 16.7. The zero-order valence-electron chi connectivity index (χ0n) is 22.9. The Hall–Kier alpha value is -0.900. The van der Waals surface area contributed by atoms with Crippen molar-refractivity contribution in [1.82, 2.24) is 0 Å². The van der Waals surface area contributed by atoms with Crippen LogP contribution in [0.15, 0.2) is 11.7 Å². The summed E-state index contributed by atoms with van der Waals surface area (Å²) in [4.78, 5) is 0. The molecule has 0 heterocycles. The smallest absolute Gasteiger partial charge is 0.321 e. The maximum Gasteiger partial charge on any atom is 0.321 e. The third-order valence-corrected chi connectivity index (χ3v) is 5.83. The van der Waals surface area contributed by atoms with Gasteiger partial charge in [-0.3, -0.25) is 0 Å². The molecule has 0 atom stereocenters. The van der Waals surface area contributed by atoms with Gasteiger partial charge in [0.05, 0.1) is 19.8 Å². The average Bonchev–Trinajstić information content (AvgIpc) is 2.82. The van der Waals surface area contributed by atoms with E-state index in [0.717, 1.165) is 44.5 Å². The molecule has 0 fully saturated rings. The standard InChI is InChI=1S/C29H58O4/c1-5-9-11-13-15-17-19-21-25-31-28(23-7-3)29(33-27-30-24-8-4)32-26-22-20-18-16-14-12-10-6-2/h5-27H2,1-4H3. The van der Waals surface area contributed by atoms with Crippen molar-refractivity contribution in [2.24, 2.45) is 0 Å². The van der Waals surface area contributed by atoms with Gasteiger partial charge in [0.15, 0.2) is 12.6 Å². The van der Waals surface area contributed by atoms with Crippen LogP contribution in [0.5, 0.6) is 0 Å². The van der Waals surface area contributed by atoms with E-state index in [1.165, 1.54) is 89.9 Å². The minimum atomic E-state index is 0.231. The molecule has 0 aliphatic carbocycles. The number of ether oxygens (including phenoxy) is 4. The summed E-state index contributed by atoms with van der Waals surface area (Å²) in [5, 5.41) is 0. The van der Waals surface area contributed by atoms with Crippen LogP contribution in [0.25, 0.3) is 0 Å². The highest BCUT2D eigenvalue weighted by molar-refractivity contribution is 4.95. The summed E-state index contributed by atoms with van der Waals surface area (Å²) in [6.45, 7) is 11.2. The molecule has 0 saturated heterocycles. The lowest BCUT2D eigenvalue weighted by Crippen LogP contribution is -2.10. The zero-order chi connectivity index (χ0) is 24.2. The molecule has 33 heavy (non-hydrogen) atoms. The van der Waals surface area contributed by atoms with Crippen molar-refractivity contribution in [3.8, 4) is 0 Å². The molecule has 0 spiro atoms. The summed E-state index contributed by atoms with van der Waals surface area (Å²) in [7, 11) is 0. The maximum absolute atomic E-state index is 6.15. The molecular formula is C29H58O4. The number of allylic oxidation sites excluding steroid dienone is 1. The summed E-state index contributed by atoms with van der Waals surface area (Å²) in [5.74, 6) is 1.41. The third kappa shape index (κ3) is 22.6. The first-order chi connectivity index (χ1) is 16.3. The molecule has 4 nitrogen and oxygen atoms in total. The lowest BCUT2D eigenvalue weighted by atomic mass is 10.1. The first-order valence-corrected chi connectivity index (χ1v) is 14.5. The Kier molecular flexibility index (Phi) is 26.6. The molecule has 0 aromatic rings. The fraction of sp³-hybridized carbons (Fsp3) is 0.931. The monoisotopic (exact) mass is 470 g/mol. The molecule has 0 aromatic heterocycles. The number of hydrogen-bond acceptors (Lipinski definition) is 4. The van der Waals surface area contributed by atoms with Gasteiger partial charge in [-0.05, 0) is 25.7 Å². The Bertz CT molecular complexity index is 408. The van der Waals surface area contributed by atoms with E-state index >= 15 is 0 Å². The van der Waals surface area contributed by atoms with Crippen LogP contribution in [0.2, 0.25) is 0 Å². The van der Waals surface area contributed by atoms with Gasteiger partial charge in [0.2, 0.25) is 0 Å². The summed E-state index contributed by atoms with van der Waals surface area (Å²) in [5.41, 5.74) is 0. The van der Waals surface area contributed by atoms with E-state index in [4.69, 9.17) is 18.9 Å².